The normalized spacial score (nSPS) is 12.3. The molecule has 1 rings (SSSR count). The van der Waals surface area contributed by atoms with E-state index in [1.807, 2.05) is 20.8 Å². The molecule has 0 fully saturated rings. The fourth-order valence-electron chi connectivity index (χ4n) is 1.87. The van der Waals surface area contributed by atoms with E-state index in [2.05, 4.69) is 10.2 Å². The van der Waals surface area contributed by atoms with Crippen molar-refractivity contribution in [1.29, 1.82) is 0 Å². The van der Waals surface area contributed by atoms with Crippen LogP contribution in [0.25, 0.3) is 0 Å². The predicted molar refractivity (Wildman–Crippen MR) is 66.7 cm³/mol. The van der Waals surface area contributed by atoms with Crippen LogP contribution in [-0.2, 0) is 15.6 Å². The van der Waals surface area contributed by atoms with E-state index in [9.17, 15) is 8.42 Å². The van der Waals surface area contributed by atoms with Crippen LogP contribution in [0.15, 0.2) is 5.16 Å². The van der Waals surface area contributed by atoms with Crippen molar-refractivity contribution in [2.45, 2.75) is 57.7 Å². The van der Waals surface area contributed by atoms with Gasteiger partial charge >= 0.3 is 0 Å². The molecule has 5 nitrogen and oxygen atoms in total. The van der Waals surface area contributed by atoms with Crippen LogP contribution in [-0.4, -0.2) is 23.2 Å². The summed E-state index contributed by atoms with van der Waals surface area (Å²) in [4.78, 5) is 0. The third-order valence-corrected chi connectivity index (χ3v) is 3.91. The second-order valence-corrected chi connectivity index (χ2v) is 6.40. The Bertz CT molecular complexity index is 466. The van der Waals surface area contributed by atoms with Crippen LogP contribution < -0.4 is 0 Å². The van der Waals surface area contributed by atoms with E-state index in [1.54, 1.807) is 4.57 Å². The summed E-state index contributed by atoms with van der Waals surface area (Å²) in [5.74, 6) is 0.942. The van der Waals surface area contributed by atoms with E-state index in [4.69, 9.17) is 10.7 Å². The fourth-order valence-corrected chi connectivity index (χ4v) is 2.80. The summed E-state index contributed by atoms with van der Waals surface area (Å²) in [7, 11) is 1.53. The van der Waals surface area contributed by atoms with Crippen LogP contribution in [0, 0.1) is 0 Å². The summed E-state index contributed by atoms with van der Waals surface area (Å²) in [5.41, 5.74) is 0. The highest BCUT2D eigenvalue weighted by Crippen LogP contribution is 2.24. The van der Waals surface area contributed by atoms with Crippen LogP contribution in [0.2, 0.25) is 0 Å². The molecule has 0 unspecified atom stereocenters. The first kappa shape index (κ1) is 14.4. The highest BCUT2D eigenvalue weighted by molar-refractivity contribution is 8.13. The van der Waals surface area contributed by atoms with Crippen molar-refractivity contribution in [1.82, 2.24) is 14.8 Å². The number of rotatable bonds is 6. The van der Waals surface area contributed by atoms with E-state index in [1.165, 1.54) is 0 Å². The number of hydrogen-bond acceptors (Lipinski definition) is 4. The minimum absolute atomic E-state index is 0.136. The molecule has 1 heterocycles. The van der Waals surface area contributed by atoms with Crippen LogP contribution in [0.4, 0.5) is 0 Å². The van der Waals surface area contributed by atoms with Crippen molar-refractivity contribution in [3.8, 4) is 0 Å². The lowest BCUT2D eigenvalue weighted by Crippen LogP contribution is -2.12. The maximum atomic E-state index is 11.4. The highest BCUT2D eigenvalue weighted by Gasteiger charge is 2.25. The van der Waals surface area contributed by atoms with Gasteiger partial charge < -0.3 is 4.57 Å². The third-order valence-electron chi connectivity index (χ3n) is 2.76. The zero-order valence-corrected chi connectivity index (χ0v) is 11.9. The van der Waals surface area contributed by atoms with Gasteiger partial charge in [-0.15, -0.1) is 10.2 Å². The van der Waals surface area contributed by atoms with E-state index in [0.717, 1.165) is 25.1 Å². The standard InChI is InChI=1S/C10H18ClN3O2S/c1-4-7-14-9(8(5-2)6-3)12-13-10(14)17(11,15)16/h8H,4-7H2,1-3H3. The lowest BCUT2D eigenvalue weighted by atomic mass is 10.0. The van der Waals surface area contributed by atoms with Crippen molar-refractivity contribution in [2.24, 2.45) is 0 Å². The van der Waals surface area contributed by atoms with Gasteiger partial charge in [0.05, 0.1) is 0 Å². The van der Waals surface area contributed by atoms with Gasteiger partial charge in [-0.1, -0.05) is 20.8 Å². The van der Waals surface area contributed by atoms with E-state index < -0.39 is 9.05 Å². The molecule has 0 saturated carbocycles. The number of halogens is 1. The smallest absolute Gasteiger partial charge is 0.296 e. The van der Waals surface area contributed by atoms with Crippen molar-refractivity contribution in [3.63, 3.8) is 0 Å². The molecule has 0 bridgehead atoms. The lowest BCUT2D eigenvalue weighted by Gasteiger charge is -2.13. The Balaban J connectivity index is 3.28. The van der Waals surface area contributed by atoms with Gasteiger partial charge in [0, 0.05) is 23.1 Å². The van der Waals surface area contributed by atoms with Crippen LogP contribution in [0.1, 0.15) is 51.8 Å². The van der Waals surface area contributed by atoms with Gasteiger partial charge in [0.1, 0.15) is 5.82 Å². The molecule has 0 aliphatic heterocycles. The molecule has 0 radical (unpaired) electrons. The molecule has 0 aromatic carbocycles. The van der Waals surface area contributed by atoms with Gasteiger partial charge in [-0.3, -0.25) is 0 Å². The molecule has 1 aromatic rings. The second kappa shape index (κ2) is 5.82. The average molecular weight is 280 g/mol. The van der Waals surface area contributed by atoms with Gasteiger partial charge in [-0.25, -0.2) is 8.42 Å². The molecular formula is C10H18ClN3O2S. The van der Waals surface area contributed by atoms with Gasteiger partial charge in [-0.05, 0) is 19.3 Å². The Morgan fingerprint density at radius 1 is 1.24 bits per heavy atom. The molecule has 0 spiro atoms. The summed E-state index contributed by atoms with van der Waals surface area (Å²) in [5, 5.41) is 7.57. The Kier molecular flexibility index (Phi) is 4.94. The van der Waals surface area contributed by atoms with Crippen molar-refractivity contribution < 1.29 is 8.42 Å². The molecule has 0 N–H and O–H groups in total. The number of aromatic nitrogens is 3. The zero-order valence-electron chi connectivity index (χ0n) is 10.4. The fraction of sp³-hybridized carbons (Fsp3) is 0.800. The summed E-state index contributed by atoms with van der Waals surface area (Å²) < 4.78 is 24.4. The monoisotopic (exact) mass is 279 g/mol. The summed E-state index contributed by atoms with van der Waals surface area (Å²) in [6.07, 6.45) is 2.62. The highest BCUT2D eigenvalue weighted by atomic mass is 35.7. The molecule has 17 heavy (non-hydrogen) atoms. The van der Waals surface area contributed by atoms with Gasteiger partial charge in [0.15, 0.2) is 0 Å². The maximum absolute atomic E-state index is 11.4. The minimum Gasteiger partial charge on any atom is -0.301 e. The van der Waals surface area contributed by atoms with Gasteiger partial charge in [0.25, 0.3) is 14.2 Å². The van der Waals surface area contributed by atoms with E-state index in [-0.39, 0.29) is 11.1 Å². The topological polar surface area (TPSA) is 64.8 Å². The number of hydrogen-bond donors (Lipinski definition) is 0. The quantitative estimate of drug-likeness (QED) is 0.751. The van der Waals surface area contributed by atoms with Crippen LogP contribution >= 0.6 is 10.7 Å². The summed E-state index contributed by atoms with van der Waals surface area (Å²) in [6.45, 7) is 6.64. The summed E-state index contributed by atoms with van der Waals surface area (Å²) in [6, 6.07) is 0. The SMILES string of the molecule is CCCn1c(C(CC)CC)nnc1S(=O)(=O)Cl. The van der Waals surface area contributed by atoms with E-state index >= 15 is 0 Å². The third kappa shape index (κ3) is 3.19. The Labute approximate surface area is 107 Å². The maximum Gasteiger partial charge on any atom is 0.296 e. The predicted octanol–water partition coefficient (Wildman–Crippen LogP) is 2.52. The Morgan fingerprint density at radius 2 is 1.82 bits per heavy atom. The van der Waals surface area contributed by atoms with Crippen LogP contribution in [0.3, 0.4) is 0 Å². The molecule has 0 aliphatic rings. The van der Waals surface area contributed by atoms with E-state index in [0.29, 0.717) is 6.54 Å². The molecule has 0 aliphatic carbocycles. The van der Waals surface area contributed by atoms with Gasteiger partial charge in [0.2, 0.25) is 0 Å². The molecule has 0 amide bonds. The first-order chi connectivity index (χ1) is 7.95. The molecule has 7 heteroatoms. The molecule has 0 atom stereocenters. The Morgan fingerprint density at radius 3 is 2.24 bits per heavy atom. The number of nitrogens with zero attached hydrogens (tertiary/aromatic N) is 3. The van der Waals surface area contributed by atoms with Crippen molar-refractivity contribution in [3.05, 3.63) is 5.82 Å². The van der Waals surface area contributed by atoms with Gasteiger partial charge in [-0.2, -0.15) is 0 Å². The first-order valence-corrected chi connectivity index (χ1v) is 8.14. The summed E-state index contributed by atoms with van der Waals surface area (Å²) >= 11 is 0. The minimum atomic E-state index is -3.82. The molecule has 98 valence electrons. The van der Waals surface area contributed by atoms with Crippen LogP contribution in [0.5, 0.6) is 0 Å². The van der Waals surface area contributed by atoms with Crippen molar-refractivity contribution >= 4 is 19.7 Å². The lowest BCUT2D eigenvalue weighted by molar-refractivity contribution is 0.513. The zero-order chi connectivity index (χ0) is 13.1. The average Bonchev–Trinajstić information content (AvgIpc) is 2.64. The second-order valence-electron chi connectivity index (χ2n) is 3.94. The largest absolute Gasteiger partial charge is 0.301 e. The van der Waals surface area contributed by atoms with Crippen molar-refractivity contribution in [2.75, 3.05) is 0 Å². The first-order valence-electron chi connectivity index (χ1n) is 5.83. The molecular weight excluding hydrogens is 262 g/mol. The molecule has 0 saturated heterocycles. The molecule has 1 aromatic heterocycles. The Hall–Kier alpha value is -0.620.